The van der Waals surface area contributed by atoms with Crippen molar-refractivity contribution < 1.29 is 13.9 Å². The number of nitrogens with zero attached hydrogens (tertiary/aromatic N) is 2. The number of carbonyl (C=O) groups is 1. The summed E-state index contributed by atoms with van der Waals surface area (Å²) in [6, 6.07) is 9.95. The zero-order valence-electron chi connectivity index (χ0n) is 16.0. The third-order valence-electron chi connectivity index (χ3n) is 6.35. The fourth-order valence-corrected chi connectivity index (χ4v) is 5.18. The lowest BCUT2D eigenvalue weighted by Gasteiger charge is -2.43. The number of fused-ring (bicyclic) bond motifs is 2. The van der Waals surface area contributed by atoms with Gasteiger partial charge < -0.3 is 10.5 Å². The van der Waals surface area contributed by atoms with Crippen molar-refractivity contribution in [2.45, 2.75) is 43.2 Å². The molecule has 5 nitrogen and oxygen atoms in total. The largest absolute Gasteiger partial charge is 0.487 e. The molecular formula is C22H21ClFN3O2. The van der Waals surface area contributed by atoms with Gasteiger partial charge in [0, 0.05) is 24.1 Å². The standard InChI is InChI=1S/C22H21ClFN3O2/c1-27-19(28)22(26-20(27)25)12-21(6-2-3-7-21)29-18-5-4-13(10-17(18)22)14-8-15(23)11-16(24)9-14/h4-5,8-11H,2-3,6-7,12H2,1H3,(H2,25,26). The lowest BCUT2D eigenvalue weighted by molar-refractivity contribution is -0.134. The summed E-state index contributed by atoms with van der Waals surface area (Å²) in [4.78, 5) is 19.4. The molecule has 0 saturated heterocycles. The normalized spacial score (nSPS) is 24.7. The van der Waals surface area contributed by atoms with E-state index in [0.29, 0.717) is 28.3 Å². The zero-order valence-corrected chi connectivity index (χ0v) is 16.8. The van der Waals surface area contributed by atoms with E-state index < -0.39 is 17.0 Å². The van der Waals surface area contributed by atoms with Crippen LogP contribution in [0.1, 0.15) is 37.7 Å². The van der Waals surface area contributed by atoms with Gasteiger partial charge in [0.15, 0.2) is 11.5 Å². The Labute approximate surface area is 173 Å². The molecule has 3 aliphatic rings. The highest BCUT2D eigenvalue weighted by molar-refractivity contribution is 6.30. The number of carbonyl (C=O) groups excluding carboxylic acids is 1. The molecule has 1 fully saturated rings. The average molecular weight is 414 g/mol. The third-order valence-corrected chi connectivity index (χ3v) is 6.57. The molecule has 1 saturated carbocycles. The first-order valence-corrected chi connectivity index (χ1v) is 10.1. The van der Waals surface area contributed by atoms with E-state index in [1.54, 1.807) is 13.1 Å². The molecule has 2 aromatic carbocycles. The molecule has 1 amide bonds. The molecule has 1 atom stereocenters. The van der Waals surface area contributed by atoms with E-state index in [1.165, 1.54) is 17.0 Å². The summed E-state index contributed by atoms with van der Waals surface area (Å²) in [7, 11) is 1.64. The molecule has 2 N–H and O–H groups in total. The number of halogens is 2. The van der Waals surface area contributed by atoms with Crippen molar-refractivity contribution in [1.29, 1.82) is 0 Å². The van der Waals surface area contributed by atoms with Crippen LogP contribution in [0.2, 0.25) is 5.02 Å². The highest BCUT2D eigenvalue weighted by Gasteiger charge is 2.58. The molecule has 1 unspecified atom stereocenters. The maximum absolute atomic E-state index is 13.9. The lowest BCUT2D eigenvalue weighted by atomic mass is 9.75. The lowest BCUT2D eigenvalue weighted by Crippen LogP contribution is -2.50. The van der Waals surface area contributed by atoms with Crippen molar-refractivity contribution in [2.75, 3.05) is 7.05 Å². The van der Waals surface area contributed by atoms with E-state index in [-0.39, 0.29) is 11.9 Å². The van der Waals surface area contributed by atoms with Crippen LogP contribution < -0.4 is 10.5 Å². The number of aliphatic imine (C=N–C) groups is 1. The zero-order chi connectivity index (χ0) is 20.4. The number of benzene rings is 2. The van der Waals surface area contributed by atoms with Gasteiger partial charge in [-0.2, -0.15) is 0 Å². The van der Waals surface area contributed by atoms with Crippen LogP contribution in [0.4, 0.5) is 4.39 Å². The summed E-state index contributed by atoms with van der Waals surface area (Å²) in [6.45, 7) is 0. The number of hydrogen-bond acceptors (Lipinski definition) is 4. The highest BCUT2D eigenvalue weighted by atomic mass is 35.5. The van der Waals surface area contributed by atoms with E-state index in [9.17, 15) is 9.18 Å². The van der Waals surface area contributed by atoms with Crippen LogP contribution in [-0.4, -0.2) is 29.4 Å². The molecule has 29 heavy (non-hydrogen) atoms. The van der Waals surface area contributed by atoms with Crippen LogP contribution in [0.5, 0.6) is 5.75 Å². The van der Waals surface area contributed by atoms with Crippen molar-refractivity contribution in [2.24, 2.45) is 10.7 Å². The number of nitrogens with two attached hydrogens (primary N) is 1. The molecule has 0 radical (unpaired) electrons. The molecular weight excluding hydrogens is 393 g/mol. The molecule has 2 spiro atoms. The quantitative estimate of drug-likeness (QED) is 0.760. The minimum absolute atomic E-state index is 0.153. The Hall–Kier alpha value is -2.60. The smallest absolute Gasteiger partial charge is 0.261 e. The number of likely N-dealkylation sites (N-methyl/N-ethyl adjacent to an activating group) is 1. The van der Waals surface area contributed by atoms with Crippen molar-refractivity contribution in [1.82, 2.24) is 4.90 Å². The summed E-state index contributed by atoms with van der Waals surface area (Å²) < 4.78 is 20.3. The SMILES string of the molecule is CN1C(=O)C2(CC3(CCCC3)Oc3ccc(-c4cc(F)cc(Cl)c4)cc32)N=C1N. The monoisotopic (exact) mass is 413 g/mol. The molecule has 150 valence electrons. The average Bonchev–Trinajstić information content (AvgIpc) is 3.20. The number of rotatable bonds is 1. The Bertz CT molecular complexity index is 1040. The van der Waals surface area contributed by atoms with Crippen molar-refractivity contribution in [3.8, 4) is 16.9 Å². The molecule has 0 bridgehead atoms. The van der Waals surface area contributed by atoms with Crippen LogP contribution in [0.3, 0.4) is 0 Å². The second-order valence-electron chi connectivity index (χ2n) is 8.23. The van der Waals surface area contributed by atoms with E-state index in [2.05, 4.69) is 4.99 Å². The topological polar surface area (TPSA) is 67.9 Å². The predicted octanol–water partition coefficient (Wildman–Crippen LogP) is 4.22. The predicted molar refractivity (Wildman–Crippen MR) is 109 cm³/mol. The Kier molecular flexibility index (Phi) is 3.94. The summed E-state index contributed by atoms with van der Waals surface area (Å²) in [5, 5.41) is 0.313. The molecule has 2 heterocycles. The number of hydrogen-bond donors (Lipinski definition) is 1. The fraction of sp³-hybridized carbons (Fsp3) is 0.364. The van der Waals surface area contributed by atoms with Crippen LogP contribution in [0.25, 0.3) is 11.1 Å². The second-order valence-corrected chi connectivity index (χ2v) is 8.67. The van der Waals surface area contributed by atoms with Crippen LogP contribution in [-0.2, 0) is 10.3 Å². The van der Waals surface area contributed by atoms with Crippen LogP contribution in [0.15, 0.2) is 41.4 Å². The van der Waals surface area contributed by atoms with E-state index in [0.717, 1.165) is 31.2 Å². The molecule has 2 aliphatic heterocycles. The molecule has 2 aromatic rings. The van der Waals surface area contributed by atoms with Crippen molar-refractivity contribution in [3.63, 3.8) is 0 Å². The minimum Gasteiger partial charge on any atom is -0.487 e. The Balaban J connectivity index is 1.70. The molecule has 7 heteroatoms. The first kappa shape index (κ1) is 18.4. The van der Waals surface area contributed by atoms with Gasteiger partial charge in [-0.05, 0) is 67.1 Å². The van der Waals surface area contributed by atoms with Gasteiger partial charge >= 0.3 is 0 Å². The maximum Gasteiger partial charge on any atom is 0.261 e. The fourth-order valence-electron chi connectivity index (χ4n) is 4.96. The van der Waals surface area contributed by atoms with E-state index >= 15 is 0 Å². The van der Waals surface area contributed by atoms with Gasteiger partial charge in [-0.25, -0.2) is 9.38 Å². The van der Waals surface area contributed by atoms with Gasteiger partial charge in [0.2, 0.25) is 0 Å². The van der Waals surface area contributed by atoms with Crippen molar-refractivity contribution >= 4 is 23.5 Å². The van der Waals surface area contributed by atoms with Gasteiger partial charge in [-0.15, -0.1) is 0 Å². The minimum atomic E-state index is -1.11. The highest BCUT2D eigenvalue weighted by Crippen LogP contribution is 2.54. The number of guanidine groups is 1. The van der Waals surface area contributed by atoms with Gasteiger partial charge in [0.05, 0.1) is 0 Å². The number of ether oxygens (including phenoxy) is 1. The Morgan fingerprint density at radius 3 is 2.59 bits per heavy atom. The first-order valence-electron chi connectivity index (χ1n) is 9.75. The summed E-state index contributed by atoms with van der Waals surface area (Å²) in [5.41, 5.74) is 6.59. The van der Waals surface area contributed by atoms with Crippen LogP contribution >= 0.6 is 11.6 Å². The Morgan fingerprint density at radius 1 is 1.17 bits per heavy atom. The van der Waals surface area contributed by atoms with Crippen LogP contribution in [0, 0.1) is 5.82 Å². The number of amides is 1. The van der Waals surface area contributed by atoms with E-state index in [1.807, 2.05) is 18.2 Å². The maximum atomic E-state index is 13.9. The summed E-state index contributed by atoms with van der Waals surface area (Å²) in [5.74, 6) is 0.278. The van der Waals surface area contributed by atoms with Gasteiger partial charge in [-0.1, -0.05) is 17.7 Å². The first-order chi connectivity index (χ1) is 13.8. The molecule has 0 aromatic heterocycles. The summed E-state index contributed by atoms with van der Waals surface area (Å²) >= 11 is 6.04. The van der Waals surface area contributed by atoms with E-state index in [4.69, 9.17) is 22.1 Å². The second kappa shape index (κ2) is 6.20. The van der Waals surface area contributed by atoms with Gasteiger partial charge in [0.25, 0.3) is 5.91 Å². The van der Waals surface area contributed by atoms with Crippen molar-refractivity contribution in [3.05, 3.63) is 52.8 Å². The van der Waals surface area contributed by atoms with Gasteiger partial charge in [0.1, 0.15) is 17.2 Å². The van der Waals surface area contributed by atoms with Gasteiger partial charge in [-0.3, -0.25) is 9.69 Å². The Morgan fingerprint density at radius 2 is 1.93 bits per heavy atom. The molecule has 5 rings (SSSR count). The summed E-state index contributed by atoms with van der Waals surface area (Å²) in [6.07, 6.45) is 4.37. The third kappa shape index (κ3) is 2.73. The molecule has 1 aliphatic carbocycles.